The number of hydrogen-bond acceptors (Lipinski definition) is 2. The van der Waals surface area contributed by atoms with Gasteiger partial charge in [0.25, 0.3) is 0 Å². The van der Waals surface area contributed by atoms with Crippen LogP contribution in [0.25, 0.3) is 0 Å². The van der Waals surface area contributed by atoms with Crippen molar-refractivity contribution in [1.29, 1.82) is 0 Å². The third-order valence-electron chi connectivity index (χ3n) is 1.82. The Bertz CT molecular complexity index is 199. The van der Waals surface area contributed by atoms with Crippen molar-refractivity contribution in [1.82, 2.24) is 0 Å². The molecule has 0 aromatic heterocycles. The third-order valence-corrected chi connectivity index (χ3v) is 1.82. The largest absolute Gasteiger partial charge is 0.501 e. The molecule has 0 aliphatic carbocycles. The summed E-state index contributed by atoms with van der Waals surface area (Å²) >= 11 is 0. The first kappa shape index (κ1) is 16.4. The first-order chi connectivity index (χ1) is 6.74. The second-order valence-corrected chi connectivity index (χ2v) is 4.48. The molecule has 0 aliphatic heterocycles. The van der Waals surface area contributed by atoms with E-state index in [4.69, 9.17) is 9.84 Å². The first-order valence-corrected chi connectivity index (χ1v) is 5.26. The van der Waals surface area contributed by atoms with E-state index in [0.29, 0.717) is 12.0 Å². The van der Waals surface area contributed by atoms with Crippen molar-refractivity contribution in [2.24, 2.45) is 5.41 Å². The molecule has 0 radical (unpaired) electrons. The standard InChI is InChI=1S/C6H10O3.C6H14/c1-3-9-4-5(2)6(7)8;1-5-6(2,3)4/h4H,3H2,1-2H3,(H,7,8);5H2,1-4H3. The van der Waals surface area contributed by atoms with Gasteiger partial charge in [0.2, 0.25) is 0 Å². The Morgan fingerprint density at radius 2 is 1.73 bits per heavy atom. The zero-order chi connectivity index (χ0) is 12.5. The van der Waals surface area contributed by atoms with Crippen molar-refractivity contribution in [2.75, 3.05) is 6.61 Å². The van der Waals surface area contributed by atoms with Gasteiger partial charge in [-0.3, -0.25) is 0 Å². The molecule has 3 nitrogen and oxygen atoms in total. The molecule has 0 saturated carbocycles. The Morgan fingerprint density at radius 3 is 1.93 bits per heavy atom. The molecule has 0 bridgehead atoms. The lowest BCUT2D eigenvalue weighted by Gasteiger charge is -2.12. The number of carboxylic acids is 1. The first-order valence-electron chi connectivity index (χ1n) is 5.26. The topological polar surface area (TPSA) is 46.5 Å². The molecule has 0 spiro atoms. The highest BCUT2D eigenvalue weighted by atomic mass is 16.5. The summed E-state index contributed by atoms with van der Waals surface area (Å²) in [6, 6.07) is 0. The summed E-state index contributed by atoms with van der Waals surface area (Å²) in [6.07, 6.45) is 2.51. The van der Waals surface area contributed by atoms with Crippen LogP contribution in [0.5, 0.6) is 0 Å². The lowest BCUT2D eigenvalue weighted by atomic mass is 9.94. The number of hydrogen-bond donors (Lipinski definition) is 1. The van der Waals surface area contributed by atoms with Crippen LogP contribution in [0.1, 0.15) is 48.0 Å². The van der Waals surface area contributed by atoms with Gasteiger partial charge in [-0.05, 0) is 19.3 Å². The van der Waals surface area contributed by atoms with Crippen LogP contribution in [0, 0.1) is 5.41 Å². The van der Waals surface area contributed by atoms with Gasteiger partial charge < -0.3 is 9.84 Å². The molecule has 15 heavy (non-hydrogen) atoms. The van der Waals surface area contributed by atoms with E-state index < -0.39 is 5.97 Å². The molecule has 0 rings (SSSR count). The number of carbonyl (C=O) groups is 1. The molecule has 0 aliphatic rings. The lowest BCUT2D eigenvalue weighted by molar-refractivity contribution is -0.132. The highest BCUT2D eigenvalue weighted by Gasteiger charge is 2.03. The van der Waals surface area contributed by atoms with Gasteiger partial charge in [0.05, 0.1) is 18.4 Å². The van der Waals surface area contributed by atoms with Crippen LogP contribution >= 0.6 is 0 Å². The zero-order valence-electron chi connectivity index (χ0n) is 10.8. The number of rotatable bonds is 3. The van der Waals surface area contributed by atoms with Crippen molar-refractivity contribution in [3.05, 3.63) is 11.8 Å². The maximum atomic E-state index is 10.1. The molecule has 1 N–H and O–H groups in total. The van der Waals surface area contributed by atoms with Crippen molar-refractivity contribution in [3.63, 3.8) is 0 Å². The summed E-state index contributed by atoms with van der Waals surface area (Å²) in [5.74, 6) is -0.941. The van der Waals surface area contributed by atoms with E-state index in [9.17, 15) is 4.79 Å². The lowest BCUT2D eigenvalue weighted by Crippen LogP contribution is -2.00. The summed E-state index contributed by atoms with van der Waals surface area (Å²) in [5, 5.41) is 8.26. The molecule has 0 atom stereocenters. The Morgan fingerprint density at radius 1 is 1.33 bits per heavy atom. The van der Waals surface area contributed by atoms with Crippen molar-refractivity contribution in [3.8, 4) is 0 Å². The Kier molecular flexibility index (Phi) is 9.13. The van der Waals surface area contributed by atoms with Crippen LogP contribution < -0.4 is 0 Å². The van der Waals surface area contributed by atoms with Crippen molar-refractivity contribution in [2.45, 2.75) is 48.0 Å². The Labute approximate surface area is 93.1 Å². The molecule has 0 fully saturated rings. The molecule has 0 aromatic rings. The van der Waals surface area contributed by atoms with Gasteiger partial charge in [0, 0.05) is 0 Å². The van der Waals surface area contributed by atoms with E-state index in [-0.39, 0.29) is 5.57 Å². The Hall–Kier alpha value is -0.990. The van der Waals surface area contributed by atoms with Gasteiger partial charge >= 0.3 is 5.97 Å². The van der Waals surface area contributed by atoms with Gasteiger partial charge in [0.15, 0.2) is 0 Å². The molecule has 3 heteroatoms. The van der Waals surface area contributed by atoms with Crippen molar-refractivity contribution < 1.29 is 14.6 Å². The molecule has 0 amide bonds. The van der Waals surface area contributed by atoms with Crippen LogP contribution in [-0.2, 0) is 9.53 Å². The monoisotopic (exact) mass is 216 g/mol. The number of aliphatic carboxylic acids is 1. The number of ether oxygens (including phenoxy) is 1. The van der Waals surface area contributed by atoms with Crippen LogP contribution in [-0.4, -0.2) is 17.7 Å². The van der Waals surface area contributed by atoms with Gasteiger partial charge in [0.1, 0.15) is 0 Å². The summed E-state index contributed by atoms with van der Waals surface area (Å²) < 4.78 is 4.71. The van der Waals surface area contributed by atoms with E-state index in [2.05, 4.69) is 27.7 Å². The number of carboxylic acid groups (broad SMARTS) is 1. The van der Waals surface area contributed by atoms with Crippen LogP contribution in [0.4, 0.5) is 0 Å². The predicted molar refractivity (Wildman–Crippen MR) is 62.8 cm³/mol. The fraction of sp³-hybridized carbons (Fsp3) is 0.750. The summed E-state index contributed by atoms with van der Waals surface area (Å²) in [7, 11) is 0. The van der Waals surface area contributed by atoms with Gasteiger partial charge in [-0.2, -0.15) is 0 Å². The molecule has 0 saturated heterocycles. The highest BCUT2D eigenvalue weighted by Crippen LogP contribution is 2.16. The second-order valence-electron chi connectivity index (χ2n) is 4.48. The summed E-state index contributed by atoms with van der Waals surface area (Å²) in [6.45, 7) is 12.7. The van der Waals surface area contributed by atoms with E-state index >= 15 is 0 Å². The average molecular weight is 216 g/mol. The Balaban J connectivity index is 0. The maximum absolute atomic E-state index is 10.1. The fourth-order valence-corrected chi connectivity index (χ4v) is 0.259. The van der Waals surface area contributed by atoms with Gasteiger partial charge in [-0.25, -0.2) is 4.79 Å². The zero-order valence-corrected chi connectivity index (χ0v) is 10.8. The second kappa shape index (κ2) is 8.33. The minimum Gasteiger partial charge on any atom is -0.501 e. The highest BCUT2D eigenvalue weighted by molar-refractivity contribution is 5.85. The summed E-state index contributed by atoms with van der Waals surface area (Å²) in [4.78, 5) is 10.1. The minimum absolute atomic E-state index is 0.219. The van der Waals surface area contributed by atoms with Gasteiger partial charge in [-0.15, -0.1) is 0 Å². The SMILES string of the molecule is CCC(C)(C)C.CCOC=C(C)C(=O)O. The van der Waals surface area contributed by atoms with Crippen LogP contribution in [0.15, 0.2) is 11.8 Å². The average Bonchev–Trinajstić information content (AvgIpc) is 2.13. The predicted octanol–water partition coefficient (Wildman–Crippen LogP) is 3.45. The molecular weight excluding hydrogens is 192 g/mol. The van der Waals surface area contributed by atoms with Gasteiger partial charge in [-0.1, -0.05) is 34.1 Å². The maximum Gasteiger partial charge on any atom is 0.334 e. The minimum atomic E-state index is -0.941. The molecule has 0 unspecified atom stereocenters. The smallest absolute Gasteiger partial charge is 0.334 e. The quantitative estimate of drug-likeness (QED) is 0.580. The molecule has 90 valence electrons. The van der Waals surface area contributed by atoms with Crippen LogP contribution in [0.3, 0.4) is 0 Å². The van der Waals surface area contributed by atoms with E-state index in [0.717, 1.165) is 0 Å². The molecule has 0 aromatic carbocycles. The van der Waals surface area contributed by atoms with Crippen molar-refractivity contribution >= 4 is 5.97 Å². The van der Waals surface area contributed by atoms with E-state index in [1.807, 2.05) is 0 Å². The summed E-state index contributed by atoms with van der Waals surface area (Å²) in [5.41, 5.74) is 0.761. The third kappa shape index (κ3) is 15.7. The van der Waals surface area contributed by atoms with Crippen LogP contribution in [0.2, 0.25) is 0 Å². The normalized spacial score (nSPS) is 11.5. The van der Waals surface area contributed by atoms with E-state index in [1.165, 1.54) is 19.6 Å². The fourth-order valence-electron chi connectivity index (χ4n) is 0.259. The molecular formula is C12H24O3. The molecule has 0 heterocycles. The van der Waals surface area contributed by atoms with E-state index in [1.54, 1.807) is 6.92 Å².